The van der Waals surface area contributed by atoms with Crippen LogP contribution >= 0.6 is 11.6 Å². The normalized spacial score (nSPS) is 17.3. The van der Waals surface area contributed by atoms with Crippen LogP contribution in [-0.2, 0) is 20.9 Å². The Morgan fingerprint density at radius 2 is 2.07 bits per heavy atom. The number of rotatable bonds is 6. The lowest BCUT2D eigenvalue weighted by molar-refractivity contribution is -0.159. The molecule has 1 saturated heterocycles. The molecule has 27 heavy (non-hydrogen) atoms. The van der Waals surface area contributed by atoms with Gasteiger partial charge in [0.1, 0.15) is 18.4 Å². The molecule has 0 aliphatic carbocycles. The minimum atomic E-state index is -0.635. The molecule has 7 heteroatoms. The number of cyclic esters (lactones) is 1. The van der Waals surface area contributed by atoms with E-state index in [4.69, 9.17) is 21.1 Å². The number of nitrogens with one attached hydrogen (secondary N) is 1. The summed E-state index contributed by atoms with van der Waals surface area (Å²) in [6, 6.07) is 14.2. The van der Waals surface area contributed by atoms with Crippen molar-refractivity contribution in [3.05, 3.63) is 59.1 Å². The van der Waals surface area contributed by atoms with Crippen LogP contribution in [0.15, 0.2) is 48.5 Å². The molecule has 0 spiro atoms. The third-order valence-electron chi connectivity index (χ3n) is 4.38. The summed E-state index contributed by atoms with van der Waals surface area (Å²) in [5.41, 5.74) is 1.54. The lowest BCUT2D eigenvalue weighted by Crippen LogP contribution is -2.49. The number of hydrogen-bond acceptors (Lipinski definition) is 5. The molecular weight excluding hydrogens is 368 g/mol. The molecular formula is C20H21ClN2O4. The van der Waals surface area contributed by atoms with Crippen molar-refractivity contribution in [1.82, 2.24) is 4.90 Å². The number of amides is 1. The molecule has 1 heterocycles. The standard InChI is InChI=1S/C20H21ClN2O4/c1-26-18-8-7-15(21)11-16(18)22-19(24)12-17-20(25)27-10-9-23(17)13-14-5-3-2-4-6-14/h2-8,11,17H,9-10,12-13H2,1H3,(H,22,24)/t17-/m0/s1. The number of halogens is 1. The zero-order valence-electron chi connectivity index (χ0n) is 15.0. The number of carbonyl (C=O) groups is 2. The molecule has 0 saturated carbocycles. The molecule has 2 aromatic rings. The van der Waals surface area contributed by atoms with Gasteiger partial charge in [-0.2, -0.15) is 0 Å². The lowest BCUT2D eigenvalue weighted by Gasteiger charge is -2.33. The minimum Gasteiger partial charge on any atom is -0.495 e. The Hall–Kier alpha value is -2.57. The van der Waals surface area contributed by atoms with Crippen LogP contribution in [0.2, 0.25) is 5.02 Å². The predicted molar refractivity (Wildman–Crippen MR) is 103 cm³/mol. The van der Waals surface area contributed by atoms with Crippen LogP contribution in [0.5, 0.6) is 5.75 Å². The zero-order chi connectivity index (χ0) is 19.2. The van der Waals surface area contributed by atoms with Gasteiger partial charge in [-0.25, -0.2) is 0 Å². The molecule has 0 unspecified atom stereocenters. The first-order valence-electron chi connectivity index (χ1n) is 8.65. The molecule has 0 bridgehead atoms. The van der Waals surface area contributed by atoms with E-state index in [-0.39, 0.29) is 18.3 Å². The Balaban J connectivity index is 1.70. The number of esters is 1. The number of carbonyl (C=O) groups excluding carboxylic acids is 2. The van der Waals surface area contributed by atoms with Crippen molar-refractivity contribution in [1.29, 1.82) is 0 Å². The molecule has 1 aliphatic rings. The van der Waals surface area contributed by atoms with E-state index in [2.05, 4.69) is 5.32 Å². The lowest BCUT2D eigenvalue weighted by atomic mass is 10.1. The van der Waals surface area contributed by atoms with Gasteiger partial charge in [0.05, 0.1) is 19.2 Å². The number of ether oxygens (including phenoxy) is 2. The molecule has 1 aliphatic heterocycles. The van der Waals surface area contributed by atoms with Crippen LogP contribution in [0.25, 0.3) is 0 Å². The first-order chi connectivity index (χ1) is 13.1. The highest BCUT2D eigenvalue weighted by atomic mass is 35.5. The van der Waals surface area contributed by atoms with E-state index in [0.29, 0.717) is 36.2 Å². The van der Waals surface area contributed by atoms with Crippen LogP contribution in [0.3, 0.4) is 0 Å². The highest BCUT2D eigenvalue weighted by Gasteiger charge is 2.33. The van der Waals surface area contributed by atoms with Gasteiger partial charge in [0.25, 0.3) is 0 Å². The highest BCUT2D eigenvalue weighted by Crippen LogP contribution is 2.28. The monoisotopic (exact) mass is 388 g/mol. The SMILES string of the molecule is COc1ccc(Cl)cc1NC(=O)C[C@H]1C(=O)OCCN1Cc1ccccc1. The Morgan fingerprint density at radius 3 is 2.81 bits per heavy atom. The van der Waals surface area contributed by atoms with Gasteiger partial charge in [0.2, 0.25) is 5.91 Å². The van der Waals surface area contributed by atoms with Gasteiger partial charge < -0.3 is 14.8 Å². The van der Waals surface area contributed by atoms with Crippen molar-refractivity contribution in [2.45, 2.75) is 19.0 Å². The molecule has 1 N–H and O–H groups in total. The summed E-state index contributed by atoms with van der Waals surface area (Å²) < 4.78 is 10.4. The van der Waals surface area contributed by atoms with Crippen LogP contribution in [0.1, 0.15) is 12.0 Å². The third kappa shape index (κ3) is 4.99. The van der Waals surface area contributed by atoms with E-state index < -0.39 is 6.04 Å². The molecule has 0 radical (unpaired) electrons. The van der Waals surface area contributed by atoms with Gasteiger partial charge in [-0.05, 0) is 23.8 Å². The summed E-state index contributed by atoms with van der Waals surface area (Å²) in [6.45, 7) is 1.49. The van der Waals surface area contributed by atoms with Gasteiger partial charge >= 0.3 is 5.97 Å². The Bertz CT molecular complexity index is 813. The quantitative estimate of drug-likeness (QED) is 0.770. The molecule has 3 rings (SSSR count). The smallest absolute Gasteiger partial charge is 0.323 e. The van der Waals surface area contributed by atoms with Crippen molar-refractivity contribution < 1.29 is 19.1 Å². The van der Waals surface area contributed by atoms with Crippen molar-refractivity contribution in [3.63, 3.8) is 0 Å². The fraction of sp³-hybridized carbons (Fsp3) is 0.300. The van der Waals surface area contributed by atoms with Crippen LogP contribution in [0.4, 0.5) is 5.69 Å². The second-order valence-corrected chi connectivity index (χ2v) is 6.67. The summed E-state index contributed by atoms with van der Waals surface area (Å²) >= 11 is 6.00. The van der Waals surface area contributed by atoms with Gasteiger partial charge in [-0.15, -0.1) is 0 Å². The molecule has 1 amide bonds. The van der Waals surface area contributed by atoms with E-state index in [1.54, 1.807) is 18.2 Å². The largest absolute Gasteiger partial charge is 0.495 e. The summed E-state index contributed by atoms with van der Waals surface area (Å²) in [5, 5.41) is 3.25. The minimum absolute atomic E-state index is 0.0126. The molecule has 142 valence electrons. The topological polar surface area (TPSA) is 67.9 Å². The second-order valence-electron chi connectivity index (χ2n) is 6.24. The molecule has 2 aromatic carbocycles. The van der Waals surface area contributed by atoms with Crippen LogP contribution in [0, 0.1) is 0 Å². The van der Waals surface area contributed by atoms with E-state index >= 15 is 0 Å². The van der Waals surface area contributed by atoms with Crippen LogP contribution in [-0.4, -0.2) is 43.1 Å². The number of nitrogens with zero attached hydrogens (tertiary/aromatic N) is 1. The first kappa shape index (κ1) is 19.2. The Kier molecular flexibility index (Phi) is 6.32. The van der Waals surface area contributed by atoms with Gasteiger partial charge in [-0.1, -0.05) is 41.9 Å². The number of anilines is 1. The molecule has 1 atom stereocenters. The third-order valence-corrected chi connectivity index (χ3v) is 4.61. The van der Waals surface area contributed by atoms with E-state index in [0.717, 1.165) is 5.56 Å². The molecule has 0 aromatic heterocycles. The molecule has 6 nitrogen and oxygen atoms in total. The van der Waals surface area contributed by atoms with Gasteiger partial charge in [0, 0.05) is 18.1 Å². The van der Waals surface area contributed by atoms with E-state index in [1.807, 2.05) is 35.2 Å². The number of hydrogen-bond donors (Lipinski definition) is 1. The summed E-state index contributed by atoms with van der Waals surface area (Å²) in [7, 11) is 1.51. The van der Waals surface area contributed by atoms with Crippen LogP contribution < -0.4 is 10.1 Å². The second kappa shape index (κ2) is 8.88. The summed E-state index contributed by atoms with van der Waals surface area (Å²) in [4.78, 5) is 26.8. The number of morpholine rings is 1. The van der Waals surface area contributed by atoms with Crippen molar-refractivity contribution in [2.75, 3.05) is 25.6 Å². The van der Waals surface area contributed by atoms with E-state index in [9.17, 15) is 9.59 Å². The fourth-order valence-electron chi connectivity index (χ4n) is 3.04. The average molecular weight is 389 g/mol. The maximum absolute atomic E-state index is 12.6. The number of methoxy groups -OCH3 is 1. The van der Waals surface area contributed by atoms with Gasteiger partial charge in [0.15, 0.2) is 0 Å². The van der Waals surface area contributed by atoms with E-state index in [1.165, 1.54) is 7.11 Å². The average Bonchev–Trinajstić information content (AvgIpc) is 2.65. The zero-order valence-corrected chi connectivity index (χ0v) is 15.7. The van der Waals surface area contributed by atoms with Crippen molar-refractivity contribution in [3.8, 4) is 5.75 Å². The fourth-order valence-corrected chi connectivity index (χ4v) is 3.21. The Labute approximate surface area is 163 Å². The Morgan fingerprint density at radius 1 is 1.30 bits per heavy atom. The highest BCUT2D eigenvalue weighted by molar-refractivity contribution is 6.31. The van der Waals surface area contributed by atoms with Crippen molar-refractivity contribution in [2.24, 2.45) is 0 Å². The first-order valence-corrected chi connectivity index (χ1v) is 9.02. The number of benzene rings is 2. The summed E-state index contributed by atoms with van der Waals surface area (Å²) in [5.74, 6) is -0.192. The van der Waals surface area contributed by atoms with Gasteiger partial charge in [-0.3, -0.25) is 14.5 Å². The summed E-state index contributed by atoms with van der Waals surface area (Å²) in [6.07, 6.45) is -0.0126. The van der Waals surface area contributed by atoms with Crippen molar-refractivity contribution >= 4 is 29.2 Å². The maximum Gasteiger partial charge on any atom is 0.323 e. The predicted octanol–water partition coefficient (Wildman–Crippen LogP) is 3.10. The maximum atomic E-state index is 12.6. The molecule has 1 fully saturated rings.